The van der Waals surface area contributed by atoms with E-state index in [0.29, 0.717) is 12.3 Å². The molecule has 2 N–H and O–H groups in total. The van der Waals surface area contributed by atoms with Crippen molar-refractivity contribution in [3.8, 4) is 5.75 Å². The first-order chi connectivity index (χ1) is 9.22. The van der Waals surface area contributed by atoms with Crippen molar-refractivity contribution in [3.63, 3.8) is 0 Å². The maximum absolute atomic E-state index is 12.6. The van der Waals surface area contributed by atoms with Crippen LogP contribution in [0, 0.1) is 5.82 Å². The average molecular weight is 269 g/mol. The van der Waals surface area contributed by atoms with Crippen molar-refractivity contribution in [1.82, 2.24) is 5.32 Å². The zero-order chi connectivity index (χ0) is 13.9. The van der Waals surface area contributed by atoms with Crippen LogP contribution in [-0.4, -0.2) is 30.8 Å². The summed E-state index contributed by atoms with van der Waals surface area (Å²) in [7, 11) is 0. The van der Waals surface area contributed by atoms with Gasteiger partial charge in [0.2, 0.25) is 5.91 Å². The Bertz CT molecular complexity index is 367. The van der Waals surface area contributed by atoms with E-state index in [0.717, 1.165) is 19.3 Å². The second-order valence-electron chi connectivity index (χ2n) is 4.19. The average Bonchev–Trinajstić information content (AvgIpc) is 2.41. The van der Waals surface area contributed by atoms with E-state index in [4.69, 9.17) is 9.84 Å². The largest absolute Gasteiger partial charge is 0.493 e. The number of hydrogen-bond acceptors (Lipinski definition) is 3. The van der Waals surface area contributed by atoms with E-state index in [1.807, 2.05) is 0 Å². The van der Waals surface area contributed by atoms with Crippen LogP contribution in [0.5, 0.6) is 5.75 Å². The third kappa shape index (κ3) is 7.41. The lowest BCUT2D eigenvalue weighted by Crippen LogP contribution is -2.25. The smallest absolute Gasteiger partial charge is 0.223 e. The van der Waals surface area contributed by atoms with Gasteiger partial charge in [0, 0.05) is 13.2 Å². The normalized spacial score (nSPS) is 10.2. The highest BCUT2D eigenvalue weighted by Gasteiger charge is 2.01. The van der Waals surface area contributed by atoms with Crippen LogP contribution in [0.25, 0.3) is 0 Å². The minimum Gasteiger partial charge on any atom is -0.493 e. The molecule has 0 saturated carbocycles. The molecule has 0 heterocycles. The minimum atomic E-state index is -0.312. The fraction of sp³-hybridized carbons (Fsp3) is 0.500. The Kier molecular flexibility index (Phi) is 7.58. The van der Waals surface area contributed by atoms with Crippen molar-refractivity contribution >= 4 is 5.91 Å². The molecule has 0 radical (unpaired) electrons. The Morgan fingerprint density at radius 3 is 2.63 bits per heavy atom. The zero-order valence-electron chi connectivity index (χ0n) is 10.9. The van der Waals surface area contributed by atoms with Gasteiger partial charge in [0.15, 0.2) is 0 Å². The van der Waals surface area contributed by atoms with E-state index in [9.17, 15) is 9.18 Å². The second kappa shape index (κ2) is 9.33. The quantitative estimate of drug-likeness (QED) is 0.673. The van der Waals surface area contributed by atoms with Gasteiger partial charge in [0.1, 0.15) is 11.6 Å². The van der Waals surface area contributed by atoms with Crippen LogP contribution in [0.3, 0.4) is 0 Å². The summed E-state index contributed by atoms with van der Waals surface area (Å²) in [5.74, 6) is 0.177. The Balaban J connectivity index is 2.05. The number of amides is 1. The first-order valence-electron chi connectivity index (χ1n) is 6.48. The molecule has 4 nitrogen and oxygen atoms in total. The lowest BCUT2D eigenvalue weighted by Gasteiger charge is -2.07. The van der Waals surface area contributed by atoms with Crippen LogP contribution in [0.4, 0.5) is 4.39 Å². The predicted octanol–water partition coefficient (Wildman–Crippen LogP) is 1.87. The number of carbonyl (C=O) groups excluding carboxylic acids is 1. The molecule has 0 unspecified atom stereocenters. The number of ether oxygens (including phenoxy) is 1. The molecule has 106 valence electrons. The van der Waals surface area contributed by atoms with Crippen LogP contribution in [0.15, 0.2) is 24.3 Å². The number of unbranched alkanes of at least 4 members (excludes halogenated alkanes) is 2. The van der Waals surface area contributed by atoms with Crippen molar-refractivity contribution in [2.45, 2.75) is 25.7 Å². The standard InChI is InChI=1S/C14H20FNO3/c15-12-4-6-13(7-5-12)19-11-8-14(18)16-9-2-1-3-10-17/h4-7,17H,1-3,8-11H2,(H,16,18). The van der Waals surface area contributed by atoms with Gasteiger partial charge in [-0.05, 0) is 43.5 Å². The summed E-state index contributed by atoms with van der Waals surface area (Å²) in [5, 5.41) is 11.4. The zero-order valence-corrected chi connectivity index (χ0v) is 10.9. The molecule has 0 atom stereocenters. The first kappa shape index (κ1) is 15.4. The Morgan fingerprint density at radius 1 is 1.21 bits per heavy atom. The molecule has 1 aromatic rings. The summed E-state index contributed by atoms with van der Waals surface area (Å²) in [6, 6.07) is 5.69. The van der Waals surface area contributed by atoms with Crippen molar-refractivity contribution in [2.24, 2.45) is 0 Å². The van der Waals surface area contributed by atoms with Crippen molar-refractivity contribution in [1.29, 1.82) is 0 Å². The van der Waals surface area contributed by atoms with Gasteiger partial charge < -0.3 is 15.2 Å². The highest BCUT2D eigenvalue weighted by Crippen LogP contribution is 2.10. The molecular formula is C14H20FNO3. The van der Waals surface area contributed by atoms with E-state index >= 15 is 0 Å². The molecular weight excluding hydrogens is 249 g/mol. The molecule has 0 bridgehead atoms. The van der Waals surface area contributed by atoms with E-state index < -0.39 is 0 Å². The molecule has 0 fully saturated rings. The third-order valence-corrected chi connectivity index (χ3v) is 2.57. The topological polar surface area (TPSA) is 58.6 Å². The molecule has 1 aromatic carbocycles. The van der Waals surface area contributed by atoms with Crippen molar-refractivity contribution < 1.29 is 19.0 Å². The predicted molar refractivity (Wildman–Crippen MR) is 70.5 cm³/mol. The molecule has 1 amide bonds. The first-order valence-corrected chi connectivity index (χ1v) is 6.48. The van der Waals surface area contributed by atoms with Gasteiger partial charge in [-0.2, -0.15) is 0 Å². The number of aliphatic hydroxyl groups excluding tert-OH is 1. The van der Waals surface area contributed by atoms with Crippen LogP contribution in [0.2, 0.25) is 0 Å². The highest BCUT2D eigenvalue weighted by molar-refractivity contribution is 5.75. The summed E-state index contributed by atoms with van der Waals surface area (Å²) in [5.41, 5.74) is 0. The molecule has 0 spiro atoms. The molecule has 0 aliphatic carbocycles. The maximum atomic E-state index is 12.6. The number of rotatable bonds is 9. The fourth-order valence-corrected chi connectivity index (χ4v) is 1.52. The SMILES string of the molecule is O=C(CCOc1ccc(F)cc1)NCCCCCO. The summed E-state index contributed by atoms with van der Waals surface area (Å²) in [4.78, 5) is 11.4. The van der Waals surface area contributed by atoms with E-state index in [1.54, 1.807) is 0 Å². The second-order valence-corrected chi connectivity index (χ2v) is 4.19. The molecule has 0 saturated heterocycles. The van der Waals surface area contributed by atoms with Crippen molar-refractivity contribution in [2.75, 3.05) is 19.8 Å². The minimum absolute atomic E-state index is 0.0638. The van der Waals surface area contributed by atoms with Crippen LogP contribution < -0.4 is 10.1 Å². The number of nitrogens with one attached hydrogen (secondary N) is 1. The van der Waals surface area contributed by atoms with Gasteiger partial charge >= 0.3 is 0 Å². The summed E-state index contributed by atoms with van der Waals surface area (Å²) in [6.07, 6.45) is 2.81. The Hall–Kier alpha value is -1.62. The van der Waals surface area contributed by atoms with Crippen molar-refractivity contribution in [3.05, 3.63) is 30.1 Å². The molecule has 1 rings (SSSR count). The number of aliphatic hydroxyl groups is 1. The Morgan fingerprint density at radius 2 is 1.95 bits per heavy atom. The molecule has 0 aliphatic heterocycles. The van der Waals surface area contributed by atoms with Crippen LogP contribution >= 0.6 is 0 Å². The van der Waals surface area contributed by atoms with Gasteiger partial charge in [-0.3, -0.25) is 4.79 Å². The number of hydrogen-bond donors (Lipinski definition) is 2. The summed E-state index contributed by atoms with van der Waals surface area (Å²) in [6.45, 7) is 1.09. The van der Waals surface area contributed by atoms with Gasteiger partial charge in [0.05, 0.1) is 13.0 Å². The lowest BCUT2D eigenvalue weighted by molar-refractivity contribution is -0.121. The Labute approximate surface area is 112 Å². The molecule has 5 heteroatoms. The summed E-state index contributed by atoms with van der Waals surface area (Å²) >= 11 is 0. The lowest BCUT2D eigenvalue weighted by atomic mass is 10.2. The molecule has 19 heavy (non-hydrogen) atoms. The summed E-state index contributed by atoms with van der Waals surface area (Å²) < 4.78 is 17.9. The maximum Gasteiger partial charge on any atom is 0.223 e. The number of benzene rings is 1. The molecule has 0 aromatic heterocycles. The van der Waals surface area contributed by atoms with E-state index in [1.165, 1.54) is 24.3 Å². The van der Waals surface area contributed by atoms with E-state index in [2.05, 4.69) is 5.32 Å². The number of halogens is 1. The van der Waals surface area contributed by atoms with Crippen LogP contribution in [0.1, 0.15) is 25.7 Å². The van der Waals surface area contributed by atoms with E-state index in [-0.39, 0.29) is 31.4 Å². The van der Waals surface area contributed by atoms with Gasteiger partial charge in [-0.1, -0.05) is 0 Å². The van der Waals surface area contributed by atoms with Crippen LogP contribution in [-0.2, 0) is 4.79 Å². The number of carbonyl (C=O) groups is 1. The monoisotopic (exact) mass is 269 g/mol. The van der Waals surface area contributed by atoms with Gasteiger partial charge in [0.25, 0.3) is 0 Å². The molecule has 0 aliphatic rings. The van der Waals surface area contributed by atoms with Gasteiger partial charge in [-0.15, -0.1) is 0 Å². The highest BCUT2D eigenvalue weighted by atomic mass is 19.1. The fourth-order valence-electron chi connectivity index (χ4n) is 1.52. The third-order valence-electron chi connectivity index (χ3n) is 2.57. The van der Waals surface area contributed by atoms with Gasteiger partial charge in [-0.25, -0.2) is 4.39 Å².